The number of aliphatic imine (C=N–C) groups is 1. The van der Waals surface area contributed by atoms with Gasteiger partial charge in [0.15, 0.2) is 5.78 Å². The van der Waals surface area contributed by atoms with Crippen molar-refractivity contribution in [2.24, 2.45) is 10.9 Å². The fraction of sp³-hybridized carbons (Fsp3) is 0.333. The predicted molar refractivity (Wildman–Crippen MR) is 79.2 cm³/mol. The van der Waals surface area contributed by atoms with Gasteiger partial charge in [-0.25, -0.2) is 0 Å². The number of nitriles is 1. The van der Waals surface area contributed by atoms with Gasteiger partial charge in [-0.1, -0.05) is 24.3 Å². The van der Waals surface area contributed by atoms with Crippen LogP contribution in [0.25, 0.3) is 11.4 Å². The molecule has 1 aliphatic rings. The molecular formula is C15H14N6O. The summed E-state index contributed by atoms with van der Waals surface area (Å²) in [5, 5.41) is 23.0. The van der Waals surface area contributed by atoms with Gasteiger partial charge in [0.2, 0.25) is 5.82 Å². The number of hydrogen-bond acceptors (Lipinski definition) is 6. The second kappa shape index (κ2) is 6.26. The van der Waals surface area contributed by atoms with Gasteiger partial charge in [-0.05, 0) is 24.5 Å². The maximum Gasteiger partial charge on any atom is 0.204 e. The Morgan fingerprint density at radius 2 is 2.09 bits per heavy atom. The van der Waals surface area contributed by atoms with Gasteiger partial charge in [0.1, 0.15) is 5.92 Å². The highest BCUT2D eigenvalue weighted by molar-refractivity contribution is 6.14. The van der Waals surface area contributed by atoms with Crippen LogP contribution in [0.3, 0.4) is 0 Å². The minimum Gasteiger partial charge on any atom is -0.292 e. The summed E-state index contributed by atoms with van der Waals surface area (Å²) in [7, 11) is 0. The fourth-order valence-electron chi connectivity index (χ4n) is 2.47. The van der Waals surface area contributed by atoms with Crippen LogP contribution in [-0.4, -0.2) is 38.7 Å². The molecule has 3 rings (SSSR count). The minimum absolute atomic E-state index is 0.206. The summed E-state index contributed by atoms with van der Waals surface area (Å²) in [6.45, 7) is 0.706. The normalized spacial score (nSPS) is 15.7. The van der Waals surface area contributed by atoms with Crippen LogP contribution < -0.4 is 0 Å². The highest BCUT2D eigenvalue weighted by atomic mass is 16.1. The van der Waals surface area contributed by atoms with Gasteiger partial charge in [0.05, 0.1) is 6.07 Å². The number of aromatic nitrogens is 4. The first-order valence-corrected chi connectivity index (χ1v) is 7.10. The summed E-state index contributed by atoms with van der Waals surface area (Å²) in [6.07, 6.45) is 2.74. The molecule has 0 spiro atoms. The Balaban J connectivity index is 1.82. The molecule has 0 bridgehead atoms. The molecule has 7 heteroatoms. The van der Waals surface area contributed by atoms with Gasteiger partial charge >= 0.3 is 0 Å². The molecule has 0 aliphatic carbocycles. The van der Waals surface area contributed by atoms with Crippen LogP contribution in [-0.2, 0) is 0 Å². The van der Waals surface area contributed by atoms with E-state index in [-0.39, 0.29) is 5.78 Å². The lowest BCUT2D eigenvalue weighted by atomic mass is 9.90. The second-order valence-electron chi connectivity index (χ2n) is 5.07. The average molecular weight is 294 g/mol. The van der Waals surface area contributed by atoms with E-state index in [4.69, 9.17) is 0 Å². The maximum atomic E-state index is 12.5. The average Bonchev–Trinajstić information content (AvgIpc) is 3.11. The summed E-state index contributed by atoms with van der Waals surface area (Å²) >= 11 is 0. The Morgan fingerprint density at radius 3 is 2.68 bits per heavy atom. The van der Waals surface area contributed by atoms with Crippen LogP contribution in [0, 0.1) is 17.2 Å². The van der Waals surface area contributed by atoms with E-state index in [1.807, 2.05) is 0 Å². The summed E-state index contributed by atoms with van der Waals surface area (Å²) < 4.78 is 0. The number of nitrogens with zero attached hydrogens (tertiary/aromatic N) is 5. The Morgan fingerprint density at radius 1 is 1.27 bits per heavy atom. The van der Waals surface area contributed by atoms with Crippen molar-refractivity contribution >= 4 is 11.5 Å². The van der Waals surface area contributed by atoms with Crippen LogP contribution in [0.5, 0.6) is 0 Å². The molecule has 1 aromatic carbocycles. The van der Waals surface area contributed by atoms with E-state index in [0.29, 0.717) is 23.6 Å². The molecule has 0 radical (unpaired) electrons. The molecular weight excluding hydrogens is 280 g/mol. The molecule has 0 amide bonds. The summed E-state index contributed by atoms with van der Waals surface area (Å²) in [5.41, 5.74) is 1.96. The van der Waals surface area contributed by atoms with Gasteiger partial charge in [-0.15, -0.1) is 10.2 Å². The molecule has 110 valence electrons. The molecule has 1 unspecified atom stereocenters. The van der Waals surface area contributed by atoms with Crippen LogP contribution in [0.2, 0.25) is 0 Å². The molecule has 7 nitrogen and oxygen atoms in total. The number of Topliss-reactive ketones (excluding diaryl/α,β-unsaturated/α-hetero) is 1. The minimum atomic E-state index is -0.781. The molecule has 0 fully saturated rings. The highest BCUT2D eigenvalue weighted by Crippen LogP contribution is 2.20. The zero-order chi connectivity index (χ0) is 15.4. The largest absolute Gasteiger partial charge is 0.292 e. The van der Waals surface area contributed by atoms with Crippen molar-refractivity contribution in [1.29, 1.82) is 5.26 Å². The fourth-order valence-corrected chi connectivity index (χ4v) is 2.47. The van der Waals surface area contributed by atoms with Crippen molar-refractivity contribution < 1.29 is 4.79 Å². The topological polar surface area (TPSA) is 108 Å². The number of carbonyl (C=O) groups excluding carboxylic acids is 1. The lowest BCUT2D eigenvalue weighted by Crippen LogP contribution is -2.25. The first-order valence-electron chi connectivity index (χ1n) is 7.10. The van der Waals surface area contributed by atoms with Crippen molar-refractivity contribution in [3.05, 3.63) is 29.8 Å². The molecule has 0 saturated carbocycles. The number of H-pyrrole nitrogens is 1. The number of aromatic amines is 1. The molecule has 1 aliphatic heterocycles. The molecule has 1 atom stereocenters. The second-order valence-corrected chi connectivity index (χ2v) is 5.07. The molecule has 1 aromatic heterocycles. The van der Waals surface area contributed by atoms with E-state index in [1.54, 1.807) is 24.3 Å². The monoisotopic (exact) mass is 294 g/mol. The van der Waals surface area contributed by atoms with Gasteiger partial charge in [0.25, 0.3) is 0 Å². The molecule has 2 heterocycles. The van der Waals surface area contributed by atoms with Crippen molar-refractivity contribution in [3.8, 4) is 17.5 Å². The lowest BCUT2D eigenvalue weighted by molar-refractivity contribution is 0.0974. The molecule has 1 N–H and O–H groups in total. The van der Waals surface area contributed by atoms with Crippen LogP contribution in [0.4, 0.5) is 0 Å². The van der Waals surface area contributed by atoms with E-state index >= 15 is 0 Å². The number of rotatable bonds is 4. The van der Waals surface area contributed by atoms with Crippen molar-refractivity contribution in [2.75, 3.05) is 6.54 Å². The number of benzene rings is 1. The summed E-state index contributed by atoms with van der Waals surface area (Å²) in [4.78, 5) is 16.9. The molecule has 2 aromatic rings. The zero-order valence-corrected chi connectivity index (χ0v) is 11.9. The quantitative estimate of drug-likeness (QED) is 0.865. The number of ketones is 1. The highest BCUT2D eigenvalue weighted by Gasteiger charge is 2.26. The third-order valence-corrected chi connectivity index (χ3v) is 3.65. The smallest absolute Gasteiger partial charge is 0.204 e. The standard InChI is InChI=1S/C15H14N6O/c16-9-12(13-3-1-2-8-17-13)14(22)10-4-6-11(7-5-10)15-18-20-21-19-15/h4-7,12H,1-3,8H2,(H,18,19,20,21). The van der Waals surface area contributed by atoms with Gasteiger partial charge in [0, 0.05) is 23.4 Å². The zero-order valence-electron chi connectivity index (χ0n) is 11.9. The number of carbonyl (C=O) groups is 1. The van der Waals surface area contributed by atoms with Crippen molar-refractivity contribution in [1.82, 2.24) is 20.6 Å². The molecule has 0 saturated heterocycles. The van der Waals surface area contributed by atoms with E-state index in [1.165, 1.54) is 0 Å². The maximum absolute atomic E-state index is 12.5. The first-order chi connectivity index (χ1) is 10.8. The number of nitrogens with one attached hydrogen (secondary N) is 1. The Bertz CT molecular complexity index is 726. The third kappa shape index (κ3) is 2.76. The van der Waals surface area contributed by atoms with E-state index in [9.17, 15) is 10.1 Å². The van der Waals surface area contributed by atoms with Crippen LogP contribution in [0.1, 0.15) is 29.6 Å². The third-order valence-electron chi connectivity index (χ3n) is 3.65. The SMILES string of the molecule is N#CC(C(=O)c1ccc(-c2nn[nH]n2)cc1)C1=NCCCC1. The van der Waals surface area contributed by atoms with E-state index in [2.05, 4.69) is 31.7 Å². The molecule has 22 heavy (non-hydrogen) atoms. The van der Waals surface area contributed by atoms with Crippen LogP contribution in [0.15, 0.2) is 29.3 Å². The Hall–Kier alpha value is -2.88. The lowest BCUT2D eigenvalue weighted by Gasteiger charge is -2.15. The summed E-state index contributed by atoms with van der Waals surface area (Å²) in [5.74, 6) is -0.522. The van der Waals surface area contributed by atoms with Gasteiger partial charge < -0.3 is 0 Å². The van der Waals surface area contributed by atoms with Crippen LogP contribution >= 0.6 is 0 Å². The number of hydrogen-bond donors (Lipinski definition) is 1. The van der Waals surface area contributed by atoms with E-state index in [0.717, 1.165) is 24.8 Å². The first kappa shape index (κ1) is 14.1. The van der Waals surface area contributed by atoms with Crippen molar-refractivity contribution in [2.45, 2.75) is 19.3 Å². The summed E-state index contributed by atoms with van der Waals surface area (Å²) in [6, 6.07) is 8.95. The Kier molecular flexibility index (Phi) is 4.01. The van der Waals surface area contributed by atoms with Gasteiger partial charge in [-0.3, -0.25) is 9.79 Å². The van der Waals surface area contributed by atoms with Gasteiger partial charge in [-0.2, -0.15) is 10.5 Å². The van der Waals surface area contributed by atoms with E-state index < -0.39 is 5.92 Å². The number of tetrazole rings is 1. The predicted octanol–water partition coefficient (Wildman–Crippen LogP) is 1.81. The van der Waals surface area contributed by atoms with Crippen molar-refractivity contribution in [3.63, 3.8) is 0 Å². The Labute approximate surface area is 127 Å².